The standard InChI is InChI=1S/C20H13NOS/c1-12-11-13-8-9-15-14-5-4-6-16(17-7-2-3-10-21-17)18(14)22-19(15)20(13)23-12/h2-11H,1H3. The molecule has 0 bridgehead atoms. The smallest absolute Gasteiger partial charge is 0.153 e. The Morgan fingerprint density at radius 2 is 1.83 bits per heavy atom. The molecule has 3 heteroatoms. The highest BCUT2D eigenvalue weighted by atomic mass is 32.1. The first-order valence-electron chi connectivity index (χ1n) is 7.57. The zero-order valence-electron chi connectivity index (χ0n) is 12.5. The van der Waals surface area contributed by atoms with Crippen molar-refractivity contribution in [1.82, 2.24) is 4.98 Å². The van der Waals surface area contributed by atoms with Crippen LogP contribution in [0.2, 0.25) is 0 Å². The van der Waals surface area contributed by atoms with Crippen molar-refractivity contribution in [2.75, 3.05) is 0 Å². The van der Waals surface area contributed by atoms with Gasteiger partial charge in [0, 0.05) is 27.4 Å². The molecular formula is C20H13NOS. The first kappa shape index (κ1) is 12.9. The Balaban J connectivity index is 1.94. The lowest BCUT2D eigenvalue weighted by atomic mass is 10.1. The van der Waals surface area contributed by atoms with E-state index in [4.69, 9.17) is 4.42 Å². The van der Waals surface area contributed by atoms with Gasteiger partial charge in [0.15, 0.2) is 5.58 Å². The number of rotatable bonds is 1. The second-order valence-corrected chi connectivity index (χ2v) is 6.97. The van der Waals surface area contributed by atoms with Crippen LogP contribution in [-0.4, -0.2) is 4.98 Å². The average Bonchev–Trinajstić information content (AvgIpc) is 3.14. The van der Waals surface area contributed by atoms with Crippen molar-refractivity contribution in [3.63, 3.8) is 0 Å². The van der Waals surface area contributed by atoms with Crippen LogP contribution >= 0.6 is 11.3 Å². The fourth-order valence-electron chi connectivity index (χ4n) is 3.20. The number of para-hydroxylation sites is 1. The molecule has 3 heterocycles. The van der Waals surface area contributed by atoms with Crippen LogP contribution in [0, 0.1) is 6.92 Å². The molecule has 3 aromatic heterocycles. The number of hydrogen-bond acceptors (Lipinski definition) is 3. The summed E-state index contributed by atoms with van der Waals surface area (Å²) in [5, 5.41) is 3.57. The van der Waals surface area contributed by atoms with E-state index in [9.17, 15) is 0 Å². The van der Waals surface area contributed by atoms with Gasteiger partial charge in [-0.05, 0) is 42.6 Å². The summed E-state index contributed by atoms with van der Waals surface area (Å²) in [5.74, 6) is 0. The maximum atomic E-state index is 6.34. The third kappa shape index (κ3) is 1.83. The second kappa shape index (κ2) is 4.67. The van der Waals surface area contributed by atoms with Gasteiger partial charge in [0.1, 0.15) is 5.58 Å². The maximum Gasteiger partial charge on any atom is 0.153 e. The summed E-state index contributed by atoms with van der Waals surface area (Å²) in [6.45, 7) is 2.14. The zero-order valence-corrected chi connectivity index (χ0v) is 13.4. The molecule has 0 amide bonds. The first-order valence-corrected chi connectivity index (χ1v) is 8.39. The van der Waals surface area contributed by atoms with Crippen LogP contribution in [0.3, 0.4) is 0 Å². The van der Waals surface area contributed by atoms with E-state index in [1.54, 1.807) is 11.3 Å². The fourth-order valence-corrected chi connectivity index (χ4v) is 4.20. The summed E-state index contributed by atoms with van der Waals surface area (Å²) in [7, 11) is 0. The minimum Gasteiger partial charge on any atom is -0.454 e. The van der Waals surface area contributed by atoms with E-state index < -0.39 is 0 Å². The summed E-state index contributed by atoms with van der Waals surface area (Å²) in [6.07, 6.45) is 1.82. The molecule has 2 aromatic carbocycles. The van der Waals surface area contributed by atoms with Crippen molar-refractivity contribution in [2.24, 2.45) is 0 Å². The van der Waals surface area contributed by atoms with Crippen LogP contribution < -0.4 is 0 Å². The number of nitrogens with zero attached hydrogens (tertiary/aromatic N) is 1. The molecule has 0 saturated heterocycles. The van der Waals surface area contributed by atoms with Gasteiger partial charge in [-0.1, -0.05) is 24.3 Å². The second-order valence-electron chi connectivity index (χ2n) is 5.72. The molecule has 110 valence electrons. The highest BCUT2D eigenvalue weighted by molar-refractivity contribution is 7.19. The molecule has 23 heavy (non-hydrogen) atoms. The van der Waals surface area contributed by atoms with Gasteiger partial charge in [-0.25, -0.2) is 0 Å². The number of benzene rings is 2. The molecule has 0 unspecified atom stereocenters. The zero-order chi connectivity index (χ0) is 15.4. The van der Waals surface area contributed by atoms with Gasteiger partial charge in [-0.3, -0.25) is 4.98 Å². The van der Waals surface area contributed by atoms with Gasteiger partial charge < -0.3 is 4.42 Å². The number of furan rings is 1. The van der Waals surface area contributed by atoms with Crippen molar-refractivity contribution in [1.29, 1.82) is 0 Å². The number of pyridine rings is 1. The third-order valence-corrected chi connectivity index (χ3v) is 5.28. The van der Waals surface area contributed by atoms with Gasteiger partial charge in [0.2, 0.25) is 0 Å². The number of fused-ring (bicyclic) bond motifs is 5. The monoisotopic (exact) mass is 315 g/mol. The SMILES string of the molecule is Cc1cc2ccc3c4cccc(-c5ccccn5)c4oc3c2s1. The lowest BCUT2D eigenvalue weighted by molar-refractivity contribution is 0.674. The highest BCUT2D eigenvalue weighted by Crippen LogP contribution is 2.40. The Morgan fingerprint density at radius 3 is 2.70 bits per heavy atom. The molecule has 0 N–H and O–H groups in total. The fraction of sp³-hybridized carbons (Fsp3) is 0.0500. The normalized spacial score (nSPS) is 11.7. The van der Waals surface area contributed by atoms with Crippen LogP contribution in [0.5, 0.6) is 0 Å². The molecule has 0 saturated carbocycles. The lowest BCUT2D eigenvalue weighted by Gasteiger charge is -2.00. The van der Waals surface area contributed by atoms with Crippen molar-refractivity contribution in [3.8, 4) is 11.3 Å². The molecule has 0 aliphatic carbocycles. The van der Waals surface area contributed by atoms with Crippen LogP contribution in [0.15, 0.2) is 65.2 Å². The molecule has 0 radical (unpaired) electrons. The van der Waals surface area contributed by atoms with E-state index >= 15 is 0 Å². The third-order valence-electron chi connectivity index (χ3n) is 4.21. The summed E-state index contributed by atoms with van der Waals surface area (Å²) in [4.78, 5) is 5.78. The highest BCUT2D eigenvalue weighted by Gasteiger charge is 2.15. The van der Waals surface area contributed by atoms with Crippen LogP contribution in [-0.2, 0) is 0 Å². The Morgan fingerprint density at radius 1 is 0.913 bits per heavy atom. The van der Waals surface area contributed by atoms with Crippen LogP contribution in [0.4, 0.5) is 0 Å². The Labute approximate surface area is 137 Å². The van der Waals surface area contributed by atoms with Crippen molar-refractivity contribution >= 4 is 43.4 Å². The molecule has 5 aromatic rings. The quantitative estimate of drug-likeness (QED) is 0.369. The van der Waals surface area contributed by atoms with E-state index in [0.717, 1.165) is 27.8 Å². The van der Waals surface area contributed by atoms with Gasteiger partial charge >= 0.3 is 0 Å². The van der Waals surface area contributed by atoms with E-state index in [0.29, 0.717) is 0 Å². The molecule has 2 nitrogen and oxygen atoms in total. The average molecular weight is 315 g/mol. The first-order chi connectivity index (χ1) is 11.3. The molecule has 0 atom stereocenters. The van der Waals surface area contributed by atoms with Crippen molar-refractivity contribution in [3.05, 3.63) is 65.7 Å². The van der Waals surface area contributed by atoms with E-state index in [2.05, 4.69) is 48.3 Å². The van der Waals surface area contributed by atoms with Gasteiger partial charge in [0.05, 0.1) is 10.4 Å². The predicted molar refractivity (Wildman–Crippen MR) is 97.1 cm³/mol. The summed E-state index contributed by atoms with van der Waals surface area (Å²) in [5.41, 5.74) is 3.88. The predicted octanol–water partition coefficient (Wildman–Crippen LogP) is 6.17. The minimum absolute atomic E-state index is 0.916. The number of aromatic nitrogens is 1. The van der Waals surface area contributed by atoms with Gasteiger partial charge in [-0.15, -0.1) is 11.3 Å². The Kier molecular flexibility index (Phi) is 2.61. The summed E-state index contributed by atoms with van der Waals surface area (Å²) < 4.78 is 7.56. The molecule has 0 aliphatic heterocycles. The van der Waals surface area contributed by atoms with Gasteiger partial charge in [0.25, 0.3) is 0 Å². The molecule has 0 aliphatic rings. The topological polar surface area (TPSA) is 26.0 Å². The largest absolute Gasteiger partial charge is 0.454 e. The Bertz CT molecular complexity index is 1170. The number of hydrogen-bond donors (Lipinski definition) is 0. The molecule has 0 spiro atoms. The maximum absolute atomic E-state index is 6.34. The lowest BCUT2D eigenvalue weighted by Crippen LogP contribution is -1.81. The van der Waals surface area contributed by atoms with Crippen LogP contribution in [0.1, 0.15) is 4.88 Å². The van der Waals surface area contributed by atoms with Crippen LogP contribution in [0.25, 0.3) is 43.3 Å². The van der Waals surface area contributed by atoms with E-state index in [1.807, 2.05) is 24.4 Å². The summed E-state index contributed by atoms with van der Waals surface area (Å²) in [6, 6.07) is 18.8. The summed E-state index contributed by atoms with van der Waals surface area (Å²) >= 11 is 1.79. The molecular weight excluding hydrogens is 302 g/mol. The van der Waals surface area contributed by atoms with Crippen molar-refractivity contribution in [2.45, 2.75) is 6.92 Å². The molecule has 5 rings (SSSR count). The van der Waals surface area contributed by atoms with Crippen molar-refractivity contribution < 1.29 is 4.42 Å². The van der Waals surface area contributed by atoms with E-state index in [-0.39, 0.29) is 0 Å². The number of thiophene rings is 1. The van der Waals surface area contributed by atoms with Gasteiger partial charge in [-0.2, -0.15) is 0 Å². The minimum atomic E-state index is 0.916. The van der Waals surface area contributed by atoms with E-state index in [1.165, 1.54) is 20.3 Å². The number of aryl methyl sites for hydroxylation is 1. The molecule has 0 fully saturated rings. The Hall–Kier alpha value is -2.65.